The van der Waals surface area contributed by atoms with Gasteiger partial charge < -0.3 is 11.5 Å². The standard InChI is InChI=1S/C6H10N4S2/c7-1-5(9)3-11-12-4-6(10)2-8/h5-6H,3-4,9-10H2. The first-order valence-corrected chi connectivity index (χ1v) is 5.74. The molecule has 66 valence electrons. The molecule has 0 aromatic rings. The van der Waals surface area contributed by atoms with Crippen molar-refractivity contribution in [1.82, 2.24) is 0 Å². The lowest BCUT2D eigenvalue weighted by Crippen LogP contribution is -2.21. The highest BCUT2D eigenvalue weighted by Gasteiger charge is 2.02. The van der Waals surface area contributed by atoms with Crippen LogP contribution in [0.4, 0.5) is 0 Å². The maximum Gasteiger partial charge on any atom is 0.103 e. The van der Waals surface area contributed by atoms with Gasteiger partial charge in [0.2, 0.25) is 0 Å². The van der Waals surface area contributed by atoms with Gasteiger partial charge in [-0.15, -0.1) is 0 Å². The third-order valence-electron chi connectivity index (χ3n) is 0.910. The molecule has 0 aromatic carbocycles. The summed E-state index contributed by atoms with van der Waals surface area (Å²) in [5.41, 5.74) is 10.7. The zero-order chi connectivity index (χ0) is 9.40. The molecular formula is C6H10N4S2. The van der Waals surface area contributed by atoms with Gasteiger partial charge in [0.05, 0.1) is 12.1 Å². The van der Waals surface area contributed by atoms with E-state index in [0.717, 1.165) is 0 Å². The highest BCUT2D eigenvalue weighted by Crippen LogP contribution is 2.21. The summed E-state index contributed by atoms with van der Waals surface area (Å²) in [4.78, 5) is 0. The fraction of sp³-hybridized carbons (Fsp3) is 0.667. The highest BCUT2D eigenvalue weighted by atomic mass is 33.1. The Morgan fingerprint density at radius 3 is 1.58 bits per heavy atom. The fourth-order valence-corrected chi connectivity index (χ4v) is 2.41. The number of hydrogen-bond acceptors (Lipinski definition) is 6. The summed E-state index contributed by atoms with van der Waals surface area (Å²) in [5, 5.41) is 16.6. The third kappa shape index (κ3) is 6.32. The van der Waals surface area contributed by atoms with Gasteiger partial charge in [-0.1, -0.05) is 21.6 Å². The van der Waals surface area contributed by atoms with E-state index < -0.39 is 12.1 Å². The Bertz CT molecular complexity index is 173. The molecule has 12 heavy (non-hydrogen) atoms. The first kappa shape index (κ1) is 11.6. The second-order valence-corrected chi connectivity index (χ2v) is 4.59. The molecule has 0 saturated carbocycles. The van der Waals surface area contributed by atoms with Gasteiger partial charge >= 0.3 is 0 Å². The number of nitriles is 2. The minimum Gasteiger partial charge on any atom is -0.315 e. The molecule has 0 heterocycles. The highest BCUT2D eigenvalue weighted by molar-refractivity contribution is 8.76. The Balaban J connectivity index is 3.24. The zero-order valence-electron chi connectivity index (χ0n) is 6.43. The van der Waals surface area contributed by atoms with Crippen LogP contribution in [0, 0.1) is 22.7 Å². The quantitative estimate of drug-likeness (QED) is 0.483. The van der Waals surface area contributed by atoms with E-state index in [2.05, 4.69) is 0 Å². The summed E-state index contributed by atoms with van der Waals surface area (Å²) in [7, 11) is 2.94. The molecule has 0 bridgehead atoms. The van der Waals surface area contributed by atoms with Gasteiger partial charge in [0.25, 0.3) is 0 Å². The summed E-state index contributed by atoms with van der Waals surface area (Å²) in [5.74, 6) is 1.14. The molecule has 4 N–H and O–H groups in total. The van der Waals surface area contributed by atoms with Crippen molar-refractivity contribution in [2.24, 2.45) is 11.5 Å². The van der Waals surface area contributed by atoms with Gasteiger partial charge in [0, 0.05) is 11.5 Å². The van der Waals surface area contributed by atoms with E-state index >= 15 is 0 Å². The Morgan fingerprint density at radius 1 is 1.00 bits per heavy atom. The van der Waals surface area contributed by atoms with Crippen molar-refractivity contribution in [2.75, 3.05) is 11.5 Å². The van der Waals surface area contributed by atoms with Gasteiger partial charge in [0.1, 0.15) is 12.1 Å². The Morgan fingerprint density at radius 2 is 1.33 bits per heavy atom. The van der Waals surface area contributed by atoms with Crippen LogP contribution in [-0.4, -0.2) is 23.6 Å². The minimum atomic E-state index is -0.430. The third-order valence-corrected chi connectivity index (χ3v) is 3.38. The normalized spacial score (nSPS) is 14.3. The van der Waals surface area contributed by atoms with Gasteiger partial charge in [-0.3, -0.25) is 0 Å². The maximum atomic E-state index is 8.31. The van der Waals surface area contributed by atoms with Crippen LogP contribution in [0.15, 0.2) is 0 Å². The van der Waals surface area contributed by atoms with Crippen LogP contribution in [0.1, 0.15) is 0 Å². The van der Waals surface area contributed by atoms with Crippen LogP contribution < -0.4 is 11.5 Å². The first-order valence-electron chi connectivity index (χ1n) is 3.25. The van der Waals surface area contributed by atoms with E-state index in [4.69, 9.17) is 22.0 Å². The molecule has 0 saturated heterocycles. The van der Waals surface area contributed by atoms with Crippen molar-refractivity contribution in [1.29, 1.82) is 10.5 Å². The lowest BCUT2D eigenvalue weighted by Gasteiger charge is -2.02. The van der Waals surface area contributed by atoms with Crippen LogP contribution in [0.5, 0.6) is 0 Å². The summed E-state index contributed by atoms with van der Waals surface area (Å²) in [6, 6.07) is 2.97. The molecule has 4 nitrogen and oxygen atoms in total. The smallest absolute Gasteiger partial charge is 0.103 e. The molecule has 0 aromatic heterocycles. The van der Waals surface area contributed by atoms with Gasteiger partial charge in [-0.25, -0.2) is 0 Å². The predicted molar refractivity (Wildman–Crippen MR) is 52.1 cm³/mol. The summed E-state index contributed by atoms with van der Waals surface area (Å²) >= 11 is 0. The number of nitrogens with two attached hydrogens (primary N) is 2. The fourth-order valence-electron chi connectivity index (χ4n) is 0.317. The second-order valence-electron chi connectivity index (χ2n) is 2.04. The van der Waals surface area contributed by atoms with Crippen LogP contribution >= 0.6 is 21.6 Å². The minimum absolute atomic E-state index is 0.430. The van der Waals surface area contributed by atoms with E-state index in [-0.39, 0.29) is 0 Å². The summed E-state index contributed by atoms with van der Waals surface area (Å²) in [6.07, 6.45) is 0. The van der Waals surface area contributed by atoms with Crippen molar-refractivity contribution >= 4 is 21.6 Å². The van der Waals surface area contributed by atoms with Crippen LogP contribution in [0.2, 0.25) is 0 Å². The Kier molecular flexibility index (Phi) is 7.02. The number of hydrogen-bond donors (Lipinski definition) is 2. The van der Waals surface area contributed by atoms with Crippen LogP contribution in [-0.2, 0) is 0 Å². The molecule has 2 unspecified atom stereocenters. The van der Waals surface area contributed by atoms with Gasteiger partial charge in [-0.05, 0) is 0 Å². The van der Waals surface area contributed by atoms with E-state index in [1.165, 1.54) is 21.6 Å². The molecule has 2 atom stereocenters. The van der Waals surface area contributed by atoms with E-state index in [1.807, 2.05) is 12.1 Å². The van der Waals surface area contributed by atoms with Crippen LogP contribution in [0.3, 0.4) is 0 Å². The average molecular weight is 202 g/mol. The second kappa shape index (κ2) is 7.26. The van der Waals surface area contributed by atoms with Gasteiger partial charge in [0.15, 0.2) is 0 Å². The van der Waals surface area contributed by atoms with Crippen molar-refractivity contribution in [3.63, 3.8) is 0 Å². The maximum absolute atomic E-state index is 8.31. The Hall–Kier alpha value is -0.400. The SMILES string of the molecule is N#CC(N)CSSCC(N)C#N. The molecule has 0 aliphatic carbocycles. The molecule has 0 aliphatic rings. The van der Waals surface area contributed by atoms with E-state index in [9.17, 15) is 0 Å². The lowest BCUT2D eigenvalue weighted by molar-refractivity contribution is 0.953. The van der Waals surface area contributed by atoms with E-state index in [1.54, 1.807) is 0 Å². The molecule has 0 rings (SSSR count). The molecule has 0 amide bonds. The number of rotatable bonds is 5. The van der Waals surface area contributed by atoms with E-state index in [0.29, 0.717) is 11.5 Å². The zero-order valence-corrected chi connectivity index (χ0v) is 8.07. The molecule has 6 heteroatoms. The molecular weight excluding hydrogens is 192 g/mol. The average Bonchev–Trinajstić information content (AvgIpc) is 2.11. The van der Waals surface area contributed by atoms with Crippen molar-refractivity contribution in [2.45, 2.75) is 12.1 Å². The Labute approximate surface area is 79.7 Å². The van der Waals surface area contributed by atoms with Crippen molar-refractivity contribution < 1.29 is 0 Å². The summed E-state index contributed by atoms with van der Waals surface area (Å²) < 4.78 is 0. The molecule has 0 spiro atoms. The van der Waals surface area contributed by atoms with Gasteiger partial charge in [-0.2, -0.15) is 10.5 Å². The topological polar surface area (TPSA) is 99.6 Å². The lowest BCUT2D eigenvalue weighted by atomic mass is 10.4. The monoisotopic (exact) mass is 202 g/mol. The van der Waals surface area contributed by atoms with Crippen molar-refractivity contribution in [3.8, 4) is 12.1 Å². The van der Waals surface area contributed by atoms with Crippen LogP contribution in [0.25, 0.3) is 0 Å². The molecule has 0 fully saturated rings. The summed E-state index contributed by atoms with van der Waals surface area (Å²) in [6.45, 7) is 0. The first-order chi connectivity index (χ1) is 5.70. The molecule has 0 aliphatic heterocycles. The predicted octanol–water partition coefficient (Wildman–Crippen LogP) is 0.0696. The molecule has 0 radical (unpaired) electrons. The van der Waals surface area contributed by atoms with Crippen molar-refractivity contribution in [3.05, 3.63) is 0 Å². The largest absolute Gasteiger partial charge is 0.315 e. The number of nitrogens with zero attached hydrogens (tertiary/aromatic N) is 2.